The van der Waals surface area contributed by atoms with Crippen molar-refractivity contribution in [3.63, 3.8) is 0 Å². The number of hydrogen-bond donors (Lipinski definition) is 2. The fourth-order valence-electron chi connectivity index (χ4n) is 2.45. The summed E-state index contributed by atoms with van der Waals surface area (Å²) < 4.78 is 13.1. The minimum absolute atomic E-state index is 0.0651. The van der Waals surface area contributed by atoms with Gasteiger partial charge in [0.05, 0.1) is 5.60 Å². The van der Waals surface area contributed by atoms with Crippen LogP contribution in [-0.4, -0.2) is 17.3 Å². The van der Waals surface area contributed by atoms with Crippen LogP contribution in [0.3, 0.4) is 0 Å². The maximum absolute atomic E-state index is 13.1. The molecule has 2 rings (SSSR count). The Morgan fingerprint density at radius 1 is 1.41 bits per heavy atom. The first-order valence-corrected chi connectivity index (χ1v) is 6.30. The van der Waals surface area contributed by atoms with Crippen molar-refractivity contribution >= 4 is 0 Å². The zero-order valence-electron chi connectivity index (χ0n) is 10.2. The second-order valence-corrected chi connectivity index (χ2v) is 5.09. The van der Waals surface area contributed by atoms with Crippen molar-refractivity contribution in [3.8, 4) is 0 Å². The van der Waals surface area contributed by atoms with E-state index in [4.69, 9.17) is 0 Å². The standard InChI is InChI=1S/C14H20FNO/c1-11(12-5-4-6-13(15)9-12)16-10-14(17)7-2-3-8-14/h4-6,9,11,16-17H,2-3,7-8,10H2,1H3. The van der Waals surface area contributed by atoms with Crippen molar-refractivity contribution in [2.24, 2.45) is 0 Å². The van der Waals surface area contributed by atoms with Crippen molar-refractivity contribution in [2.75, 3.05) is 6.54 Å². The molecule has 0 radical (unpaired) electrons. The molecule has 0 aliphatic heterocycles. The van der Waals surface area contributed by atoms with Crippen LogP contribution in [0.15, 0.2) is 24.3 Å². The zero-order valence-corrected chi connectivity index (χ0v) is 10.2. The molecule has 1 unspecified atom stereocenters. The number of nitrogens with one attached hydrogen (secondary N) is 1. The Hall–Kier alpha value is -0.930. The molecule has 1 aliphatic carbocycles. The van der Waals surface area contributed by atoms with Gasteiger partial charge < -0.3 is 10.4 Å². The number of aliphatic hydroxyl groups is 1. The normalized spacial score (nSPS) is 20.4. The molecular weight excluding hydrogens is 217 g/mol. The quantitative estimate of drug-likeness (QED) is 0.844. The average molecular weight is 237 g/mol. The highest BCUT2D eigenvalue weighted by atomic mass is 19.1. The summed E-state index contributed by atoms with van der Waals surface area (Å²) in [5, 5.41) is 13.5. The first kappa shape index (κ1) is 12.5. The van der Waals surface area contributed by atoms with E-state index >= 15 is 0 Å². The molecule has 1 aromatic rings. The van der Waals surface area contributed by atoms with E-state index in [1.165, 1.54) is 12.1 Å². The van der Waals surface area contributed by atoms with Crippen LogP contribution in [0, 0.1) is 5.82 Å². The third-order valence-electron chi connectivity index (χ3n) is 3.62. The molecule has 1 aromatic carbocycles. The molecule has 17 heavy (non-hydrogen) atoms. The molecule has 1 aliphatic rings. The van der Waals surface area contributed by atoms with E-state index in [0.717, 1.165) is 31.2 Å². The fourth-order valence-corrected chi connectivity index (χ4v) is 2.45. The molecule has 3 heteroatoms. The Balaban J connectivity index is 1.91. The van der Waals surface area contributed by atoms with Crippen LogP contribution in [-0.2, 0) is 0 Å². The van der Waals surface area contributed by atoms with E-state index in [2.05, 4.69) is 5.32 Å². The Morgan fingerprint density at radius 3 is 2.76 bits per heavy atom. The number of rotatable bonds is 4. The van der Waals surface area contributed by atoms with Gasteiger partial charge in [-0.05, 0) is 37.5 Å². The summed E-state index contributed by atoms with van der Waals surface area (Å²) in [6.45, 7) is 2.58. The van der Waals surface area contributed by atoms with Gasteiger partial charge in [-0.15, -0.1) is 0 Å². The first-order chi connectivity index (χ1) is 8.09. The van der Waals surface area contributed by atoms with Gasteiger partial charge in [-0.2, -0.15) is 0 Å². The molecule has 0 spiro atoms. The molecule has 1 fully saturated rings. The van der Waals surface area contributed by atoms with Gasteiger partial charge in [-0.1, -0.05) is 25.0 Å². The van der Waals surface area contributed by atoms with E-state index in [9.17, 15) is 9.50 Å². The number of hydrogen-bond acceptors (Lipinski definition) is 2. The monoisotopic (exact) mass is 237 g/mol. The molecule has 2 nitrogen and oxygen atoms in total. The van der Waals surface area contributed by atoms with Crippen LogP contribution in [0.4, 0.5) is 4.39 Å². The Bertz CT molecular complexity index is 374. The van der Waals surface area contributed by atoms with E-state index in [1.54, 1.807) is 6.07 Å². The molecular formula is C14H20FNO. The molecule has 0 saturated heterocycles. The van der Waals surface area contributed by atoms with E-state index in [-0.39, 0.29) is 11.9 Å². The van der Waals surface area contributed by atoms with Crippen LogP contribution in [0.1, 0.15) is 44.2 Å². The van der Waals surface area contributed by atoms with E-state index < -0.39 is 5.60 Å². The van der Waals surface area contributed by atoms with Crippen molar-refractivity contribution in [3.05, 3.63) is 35.6 Å². The van der Waals surface area contributed by atoms with Gasteiger partial charge in [0.25, 0.3) is 0 Å². The van der Waals surface area contributed by atoms with Crippen LogP contribution < -0.4 is 5.32 Å². The van der Waals surface area contributed by atoms with Gasteiger partial charge in [-0.25, -0.2) is 4.39 Å². The van der Waals surface area contributed by atoms with Gasteiger partial charge in [0.1, 0.15) is 5.82 Å². The predicted octanol–water partition coefficient (Wildman–Crippen LogP) is 2.78. The highest BCUT2D eigenvalue weighted by Gasteiger charge is 2.30. The number of benzene rings is 1. The van der Waals surface area contributed by atoms with Gasteiger partial charge in [0.2, 0.25) is 0 Å². The molecule has 2 N–H and O–H groups in total. The summed E-state index contributed by atoms with van der Waals surface area (Å²) in [5.74, 6) is -0.212. The fraction of sp³-hybridized carbons (Fsp3) is 0.571. The second kappa shape index (κ2) is 5.15. The van der Waals surface area contributed by atoms with Crippen molar-refractivity contribution in [1.82, 2.24) is 5.32 Å². The third-order valence-corrected chi connectivity index (χ3v) is 3.62. The summed E-state index contributed by atoms with van der Waals surface area (Å²) in [6.07, 6.45) is 3.95. The molecule has 0 aromatic heterocycles. The van der Waals surface area contributed by atoms with Crippen LogP contribution >= 0.6 is 0 Å². The zero-order chi connectivity index (χ0) is 12.3. The molecule has 0 bridgehead atoms. The van der Waals surface area contributed by atoms with Gasteiger partial charge in [-0.3, -0.25) is 0 Å². The first-order valence-electron chi connectivity index (χ1n) is 6.30. The lowest BCUT2D eigenvalue weighted by Gasteiger charge is -2.25. The van der Waals surface area contributed by atoms with Crippen LogP contribution in [0.5, 0.6) is 0 Å². The molecule has 94 valence electrons. The van der Waals surface area contributed by atoms with Crippen LogP contribution in [0.2, 0.25) is 0 Å². The minimum Gasteiger partial charge on any atom is -0.389 e. The highest BCUT2D eigenvalue weighted by molar-refractivity contribution is 5.19. The average Bonchev–Trinajstić information content (AvgIpc) is 2.74. The van der Waals surface area contributed by atoms with Gasteiger partial charge >= 0.3 is 0 Å². The summed E-state index contributed by atoms with van der Waals surface area (Å²) in [6, 6.07) is 6.67. The second-order valence-electron chi connectivity index (χ2n) is 5.09. The lowest BCUT2D eigenvalue weighted by molar-refractivity contribution is 0.0453. The van der Waals surface area contributed by atoms with Crippen molar-refractivity contribution < 1.29 is 9.50 Å². The predicted molar refractivity (Wildman–Crippen MR) is 66.2 cm³/mol. The Kier molecular flexibility index (Phi) is 3.79. The molecule has 1 saturated carbocycles. The van der Waals surface area contributed by atoms with E-state index in [1.807, 2.05) is 13.0 Å². The molecule has 0 amide bonds. The minimum atomic E-state index is -0.554. The highest BCUT2D eigenvalue weighted by Crippen LogP contribution is 2.29. The third kappa shape index (κ3) is 3.27. The number of halogens is 1. The SMILES string of the molecule is CC(NCC1(O)CCCC1)c1cccc(F)c1. The summed E-state index contributed by atoms with van der Waals surface area (Å²) >= 11 is 0. The van der Waals surface area contributed by atoms with Gasteiger partial charge in [0, 0.05) is 12.6 Å². The summed E-state index contributed by atoms with van der Waals surface area (Å²) in [7, 11) is 0. The lowest BCUT2D eigenvalue weighted by atomic mass is 10.0. The lowest BCUT2D eigenvalue weighted by Crippen LogP contribution is -2.39. The Morgan fingerprint density at radius 2 is 2.12 bits per heavy atom. The smallest absolute Gasteiger partial charge is 0.123 e. The Labute approximate surface area is 102 Å². The summed E-state index contributed by atoms with van der Waals surface area (Å²) in [5.41, 5.74) is 0.369. The topological polar surface area (TPSA) is 32.3 Å². The van der Waals surface area contributed by atoms with E-state index in [0.29, 0.717) is 6.54 Å². The largest absolute Gasteiger partial charge is 0.389 e. The maximum atomic E-state index is 13.1. The van der Waals surface area contributed by atoms with Crippen molar-refractivity contribution in [1.29, 1.82) is 0 Å². The maximum Gasteiger partial charge on any atom is 0.123 e. The van der Waals surface area contributed by atoms with Crippen molar-refractivity contribution in [2.45, 2.75) is 44.2 Å². The molecule has 0 heterocycles. The van der Waals surface area contributed by atoms with Gasteiger partial charge in [0.15, 0.2) is 0 Å². The molecule has 1 atom stereocenters. The van der Waals surface area contributed by atoms with Crippen LogP contribution in [0.25, 0.3) is 0 Å². The summed E-state index contributed by atoms with van der Waals surface area (Å²) in [4.78, 5) is 0.